The standard InChI is InChI=1S/C17H26N2O/c1-5-18-16-6-7-19(11-14(16)4)17(20)15-9-12(2)8-13(3)10-15/h8-10,14,16,18H,5-7,11H2,1-4H3. The maximum atomic E-state index is 12.6. The summed E-state index contributed by atoms with van der Waals surface area (Å²) in [5.74, 6) is 0.692. The third-order valence-electron chi connectivity index (χ3n) is 4.13. The molecule has 110 valence electrons. The van der Waals surface area contributed by atoms with Crippen LogP contribution in [0.25, 0.3) is 0 Å². The minimum Gasteiger partial charge on any atom is -0.338 e. The minimum atomic E-state index is 0.179. The van der Waals surface area contributed by atoms with Gasteiger partial charge >= 0.3 is 0 Å². The van der Waals surface area contributed by atoms with E-state index in [4.69, 9.17) is 0 Å². The smallest absolute Gasteiger partial charge is 0.253 e. The van der Waals surface area contributed by atoms with Gasteiger partial charge < -0.3 is 10.2 Å². The van der Waals surface area contributed by atoms with Gasteiger partial charge in [0.15, 0.2) is 0 Å². The van der Waals surface area contributed by atoms with E-state index in [9.17, 15) is 4.79 Å². The topological polar surface area (TPSA) is 32.3 Å². The molecule has 1 aromatic rings. The molecule has 1 aliphatic heterocycles. The van der Waals surface area contributed by atoms with E-state index < -0.39 is 0 Å². The van der Waals surface area contributed by atoms with Crippen molar-refractivity contribution in [1.82, 2.24) is 10.2 Å². The average molecular weight is 274 g/mol. The van der Waals surface area contributed by atoms with Gasteiger partial charge in [0.05, 0.1) is 0 Å². The van der Waals surface area contributed by atoms with Crippen molar-refractivity contribution in [2.45, 2.75) is 40.2 Å². The molecule has 1 heterocycles. The molecule has 1 fully saturated rings. The summed E-state index contributed by atoms with van der Waals surface area (Å²) >= 11 is 0. The highest BCUT2D eigenvalue weighted by Crippen LogP contribution is 2.20. The number of hydrogen-bond acceptors (Lipinski definition) is 2. The number of likely N-dealkylation sites (tertiary alicyclic amines) is 1. The Balaban J connectivity index is 2.07. The van der Waals surface area contributed by atoms with Gasteiger partial charge in [-0.05, 0) is 44.9 Å². The van der Waals surface area contributed by atoms with Gasteiger partial charge in [0.1, 0.15) is 0 Å². The molecule has 2 atom stereocenters. The van der Waals surface area contributed by atoms with E-state index in [1.54, 1.807) is 0 Å². The summed E-state index contributed by atoms with van der Waals surface area (Å²) in [6.07, 6.45) is 1.05. The third kappa shape index (κ3) is 3.40. The zero-order valence-corrected chi connectivity index (χ0v) is 13.1. The van der Waals surface area contributed by atoms with Gasteiger partial charge in [-0.3, -0.25) is 4.79 Å². The van der Waals surface area contributed by atoms with Gasteiger partial charge in [0.2, 0.25) is 0 Å². The van der Waals surface area contributed by atoms with Gasteiger partial charge in [-0.25, -0.2) is 0 Å². The average Bonchev–Trinajstić information content (AvgIpc) is 2.39. The van der Waals surface area contributed by atoms with Crippen LogP contribution >= 0.6 is 0 Å². The number of aryl methyl sites for hydroxylation is 2. The van der Waals surface area contributed by atoms with E-state index >= 15 is 0 Å². The summed E-state index contributed by atoms with van der Waals surface area (Å²) in [6.45, 7) is 11.2. The molecule has 0 aromatic heterocycles. The number of nitrogens with zero attached hydrogens (tertiary/aromatic N) is 1. The lowest BCUT2D eigenvalue weighted by Gasteiger charge is -2.37. The van der Waals surface area contributed by atoms with Crippen LogP contribution in [0.15, 0.2) is 18.2 Å². The molecule has 1 saturated heterocycles. The number of nitrogens with one attached hydrogen (secondary N) is 1. The molecular formula is C17H26N2O. The molecule has 1 aliphatic rings. The summed E-state index contributed by atoms with van der Waals surface area (Å²) in [6, 6.07) is 6.65. The molecule has 0 radical (unpaired) electrons. The Morgan fingerprint density at radius 3 is 2.50 bits per heavy atom. The molecular weight excluding hydrogens is 248 g/mol. The molecule has 3 heteroatoms. The highest BCUT2D eigenvalue weighted by atomic mass is 16.2. The van der Waals surface area contributed by atoms with E-state index in [1.807, 2.05) is 30.9 Å². The van der Waals surface area contributed by atoms with Crippen LogP contribution in [0.1, 0.15) is 41.8 Å². The fourth-order valence-electron chi connectivity index (χ4n) is 3.18. The predicted molar refractivity (Wildman–Crippen MR) is 83.1 cm³/mol. The monoisotopic (exact) mass is 274 g/mol. The molecule has 0 saturated carbocycles. The normalized spacial score (nSPS) is 22.9. The highest BCUT2D eigenvalue weighted by molar-refractivity contribution is 5.94. The lowest BCUT2D eigenvalue weighted by Crippen LogP contribution is -2.50. The largest absolute Gasteiger partial charge is 0.338 e. The van der Waals surface area contributed by atoms with Gasteiger partial charge in [-0.2, -0.15) is 0 Å². The first-order chi connectivity index (χ1) is 9.51. The Bertz CT molecular complexity index is 464. The molecule has 1 N–H and O–H groups in total. The molecule has 3 nitrogen and oxygen atoms in total. The second-order valence-corrected chi connectivity index (χ2v) is 6.06. The maximum Gasteiger partial charge on any atom is 0.253 e. The van der Waals surface area contributed by atoms with Crippen molar-refractivity contribution < 1.29 is 4.79 Å². The van der Waals surface area contributed by atoms with Crippen LogP contribution in [0.3, 0.4) is 0 Å². The first-order valence-corrected chi connectivity index (χ1v) is 7.62. The molecule has 1 amide bonds. The summed E-state index contributed by atoms with van der Waals surface area (Å²) < 4.78 is 0. The van der Waals surface area contributed by atoms with Crippen molar-refractivity contribution in [3.05, 3.63) is 34.9 Å². The Morgan fingerprint density at radius 2 is 1.95 bits per heavy atom. The SMILES string of the molecule is CCNC1CCN(C(=O)c2cc(C)cc(C)c2)CC1C. The summed E-state index contributed by atoms with van der Waals surface area (Å²) in [5.41, 5.74) is 3.14. The molecule has 0 spiro atoms. The number of benzene rings is 1. The van der Waals surface area contributed by atoms with Gasteiger partial charge in [0, 0.05) is 24.7 Å². The zero-order valence-electron chi connectivity index (χ0n) is 13.1. The fourth-order valence-corrected chi connectivity index (χ4v) is 3.18. The molecule has 2 rings (SSSR count). The van der Waals surface area contributed by atoms with Crippen molar-refractivity contribution in [3.8, 4) is 0 Å². The zero-order chi connectivity index (χ0) is 14.7. The Hall–Kier alpha value is -1.35. The number of carbonyl (C=O) groups is 1. The Labute approximate surface area is 122 Å². The van der Waals surface area contributed by atoms with Gasteiger partial charge in [-0.15, -0.1) is 0 Å². The number of rotatable bonds is 3. The third-order valence-corrected chi connectivity index (χ3v) is 4.13. The summed E-state index contributed by atoms with van der Waals surface area (Å²) in [5, 5.41) is 3.51. The first-order valence-electron chi connectivity index (χ1n) is 7.62. The van der Waals surface area contributed by atoms with Crippen molar-refractivity contribution in [2.75, 3.05) is 19.6 Å². The number of amides is 1. The molecule has 0 aliphatic carbocycles. The summed E-state index contributed by atoms with van der Waals surface area (Å²) in [7, 11) is 0. The lowest BCUT2D eigenvalue weighted by atomic mass is 9.93. The van der Waals surface area contributed by atoms with Crippen molar-refractivity contribution in [2.24, 2.45) is 5.92 Å². The van der Waals surface area contributed by atoms with E-state index in [0.29, 0.717) is 12.0 Å². The van der Waals surface area contributed by atoms with Crippen LogP contribution in [0.4, 0.5) is 0 Å². The highest BCUT2D eigenvalue weighted by Gasteiger charge is 2.28. The van der Waals surface area contributed by atoms with Crippen LogP contribution in [-0.2, 0) is 0 Å². The van der Waals surface area contributed by atoms with Crippen molar-refractivity contribution in [3.63, 3.8) is 0 Å². The van der Waals surface area contributed by atoms with E-state index in [-0.39, 0.29) is 5.91 Å². The molecule has 20 heavy (non-hydrogen) atoms. The minimum absolute atomic E-state index is 0.179. The predicted octanol–water partition coefficient (Wildman–Crippen LogP) is 2.76. The quantitative estimate of drug-likeness (QED) is 0.919. The lowest BCUT2D eigenvalue weighted by molar-refractivity contribution is 0.0646. The van der Waals surface area contributed by atoms with Gasteiger partial charge in [0.25, 0.3) is 5.91 Å². The molecule has 1 aromatic carbocycles. The van der Waals surface area contributed by atoms with E-state index in [0.717, 1.165) is 42.7 Å². The van der Waals surface area contributed by atoms with Crippen LogP contribution in [0.5, 0.6) is 0 Å². The Morgan fingerprint density at radius 1 is 1.30 bits per heavy atom. The van der Waals surface area contributed by atoms with Crippen molar-refractivity contribution >= 4 is 5.91 Å². The second kappa shape index (κ2) is 6.40. The maximum absolute atomic E-state index is 12.6. The Kier molecular flexibility index (Phi) is 4.81. The van der Waals surface area contributed by atoms with Crippen molar-refractivity contribution in [1.29, 1.82) is 0 Å². The molecule has 0 bridgehead atoms. The van der Waals surface area contributed by atoms with E-state index in [1.165, 1.54) is 0 Å². The summed E-state index contributed by atoms with van der Waals surface area (Å²) in [4.78, 5) is 14.6. The van der Waals surface area contributed by atoms with Crippen LogP contribution < -0.4 is 5.32 Å². The van der Waals surface area contributed by atoms with Crippen LogP contribution in [0.2, 0.25) is 0 Å². The first kappa shape index (κ1) is 15.0. The second-order valence-electron chi connectivity index (χ2n) is 6.06. The fraction of sp³-hybridized carbons (Fsp3) is 0.588. The van der Waals surface area contributed by atoms with E-state index in [2.05, 4.69) is 25.2 Å². The van der Waals surface area contributed by atoms with Crippen LogP contribution in [-0.4, -0.2) is 36.5 Å². The number of piperidine rings is 1. The number of hydrogen-bond donors (Lipinski definition) is 1. The number of carbonyl (C=O) groups excluding carboxylic acids is 1. The van der Waals surface area contributed by atoms with Crippen LogP contribution in [0, 0.1) is 19.8 Å². The van der Waals surface area contributed by atoms with Gasteiger partial charge in [-0.1, -0.05) is 31.0 Å². The molecule has 2 unspecified atom stereocenters.